The van der Waals surface area contributed by atoms with E-state index < -0.39 is 65.8 Å². The minimum atomic E-state index is -1.18. The molecule has 1 saturated heterocycles. The first-order valence-electron chi connectivity index (χ1n) is 21.9. The summed E-state index contributed by atoms with van der Waals surface area (Å²) in [4.78, 5) is 91.6. The molecule has 2 aromatic carbocycles. The quantitative estimate of drug-likeness (QED) is 0.0367. The molecular formula is C48H60N8O9S. The third-order valence-corrected chi connectivity index (χ3v) is 10.9. The van der Waals surface area contributed by atoms with Gasteiger partial charge in [-0.3, -0.25) is 24.0 Å². The molecule has 352 valence electrons. The van der Waals surface area contributed by atoms with Crippen LogP contribution < -0.4 is 36.1 Å². The topological polar surface area (TPSA) is 219 Å². The monoisotopic (exact) mass is 924 g/mol. The first-order chi connectivity index (χ1) is 31.3. The molecule has 3 atom stereocenters. The molecule has 17 nitrogen and oxygen atoms in total. The number of likely N-dealkylation sites (tertiary alicyclic amines) is 1. The number of alkyl carbamates (subject to hydrolysis) is 1. The van der Waals surface area contributed by atoms with E-state index in [1.165, 1.54) is 16.2 Å². The molecule has 1 aliphatic heterocycles. The first kappa shape index (κ1) is 50.3. The summed E-state index contributed by atoms with van der Waals surface area (Å²) >= 11 is 1.44. The number of hydrogen-bond acceptors (Lipinski definition) is 13. The number of pyridine rings is 1. The lowest BCUT2D eigenvalue weighted by atomic mass is 10.0. The molecule has 66 heavy (non-hydrogen) atoms. The summed E-state index contributed by atoms with van der Waals surface area (Å²) in [5.41, 5.74) is 1.35. The molecule has 5 rings (SSSR count). The van der Waals surface area contributed by atoms with Gasteiger partial charge < -0.3 is 45.7 Å². The summed E-state index contributed by atoms with van der Waals surface area (Å²) in [7, 11) is 1.56. The Bertz CT molecular complexity index is 2470. The number of benzene rings is 2. The highest BCUT2D eigenvalue weighted by Gasteiger charge is 2.44. The summed E-state index contributed by atoms with van der Waals surface area (Å²) in [6.07, 6.45) is 0.752. The fraction of sp³-hybridized carbons (Fsp3) is 0.458. The van der Waals surface area contributed by atoms with Crippen molar-refractivity contribution < 1.29 is 43.0 Å². The molecule has 5 amide bonds. The van der Waals surface area contributed by atoms with Crippen LogP contribution in [0.1, 0.15) is 87.5 Å². The van der Waals surface area contributed by atoms with Crippen LogP contribution in [0.25, 0.3) is 22.3 Å². The summed E-state index contributed by atoms with van der Waals surface area (Å²) in [6, 6.07) is 11.5. The molecule has 0 bridgehead atoms. The zero-order valence-corrected chi connectivity index (χ0v) is 39.8. The molecular weight excluding hydrogens is 865 g/mol. The first-order valence-corrected chi connectivity index (χ1v) is 22.8. The van der Waals surface area contributed by atoms with Crippen molar-refractivity contribution in [3.8, 4) is 34.7 Å². The second-order valence-corrected chi connectivity index (χ2v) is 18.3. The van der Waals surface area contributed by atoms with Crippen molar-refractivity contribution >= 4 is 74.3 Å². The van der Waals surface area contributed by atoms with Crippen molar-refractivity contribution in [3.05, 3.63) is 53.9 Å². The minimum Gasteiger partial charge on any atom is -0.497 e. The number of para-hydroxylation sites is 2. The van der Waals surface area contributed by atoms with Crippen molar-refractivity contribution in [1.29, 1.82) is 0 Å². The molecule has 1 fully saturated rings. The normalized spacial score (nSPS) is 15.0. The molecule has 1 aliphatic rings. The zero-order chi connectivity index (χ0) is 48.1. The molecule has 4 aromatic rings. The van der Waals surface area contributed by atoms with Gasteiger partial charge in [-0.2, -0.15) is 0 Å². The van der Waals surface area contributed by atoms with Gasteiger partial charge in [-0.05, 0) is 84.6 Å². The van der Waals surface area contributed by atoms with Crippen LogP contribution in [0.3, 0.4) is 0 Å². The Kier molecular flexibility index (Phi) is 17.5. The Labute approximate surface area is 389 Å². The number of ketones is 1. The number of carbonyl (C=O) groups is 6. The van der Waals surface area contributed by atoms with E-state index in [4.69, 9.17) is 24.2 Å². The van der Waals surface area contributed by atoms with Gasteiger partial charge in [-0.25, -0.2) is 14.8 Å². The molecule has 0 unspecified atom stereocenters. The molecule has 18 heteroatoms. The average Bonchev–Trinajstić information content (AvgIpc) is 3.91. The van der Waals surface area contributed by atoms with E-state index in [9.17, 15) is 28.8 Å². The molecule has 5 N–H and O–H groups in total. The highest BCUT2D eigenvalue weighted by Crippen LogP contribution is 2.36. The number of fused-ring (bicyclic) bond motifs is 1. The van der Waals surface area contributed by atoms with E-state index in [0.717, 1.165) is 11.6 Å². The van der Waals surface area contributed by atoms with Gasteiger partial charge in [0.2, 0.25) is 23.5 Å². The predicted molar refractivity (Wildman–Crippen MR) is 254 cm³/mol. The number of thiazole rings is 1. The molecule has 0 spiro atoms. The third kappa shape index (κ3) is 14.1. The van der Waals surface area contributed by atoms with Crippen LogP contribution in [0.4, 0.5) is 21.3 Å². The number of carbonyl (C=O) groups excluding carboxylic acids is 6. The van der Waals surface area contributed by atoms with E-state index in [-0.39, 0.29) is 37.0 Å². The van der Waals surface area contributed by atoms with Crippen LogP contribution >= 0.6 is 11.3 Å². The van der Waals surface area contributed by atoms with Crippen LogP contribution in [0.2, 0.25) is 0 Å². The van der Waals surface area contributed by atoms with Crippen LogP contribution in [0, 0.1) is 17.8 Å². The maximum Gasteiger partial charge on any atom is 0.408 e. The lowest BCUT2D eigenvalue weighted by Gasteiger charge is -2.31. The van der Waals surface area contributed by atoms with Crippen molar-refractivity contribution in [1.82, 2.24) is 25.5 Å². The summed E-state index contributed by atoms with van der Waals surface area (Å²) in [5.74, 6) is 2.80. The Hall–Kier alpha value is -6.74. The van der Waals surface area contributed by atoms with E-state index in [1.807, 2.05) is 25.3 Å². The van der Waals surface area contributed by atoms with Crippen molar-refractivity contribution in [2.75, 3.05) is 36.1 Å². The highest BCUT2D eigenvalue weighted by molar-refractivity contribution is 7.14. The number of nitrogens with one attached hydrogen (secondary N) is 5. The van der Waals surface area contributed by atoms with Crippen LogP contribution in [-0.4, -0.2) is 100 Å². The fourth-order valence-electron chi connectivity index (χ4n) is 7.01. The average molecular weight is 925 g/mol. The van der Waals surface area contributed by atoms with Gasteiger partial charge >= 0.3 is 6.09 Å². The van der Waals surface area contributed by atoms with Gasteiger partial charge in [-0.15, -0.1) is 23.2 Å². The van der Waals surface area contributed by atoms with Crippen LogP contribution in [0.5, 0.6) is 11.5 Å². The van der Waals surface area contributed by atoms with Crippen LogP contribution in [-0.2, 0) is 28.7 Å². The van der Waals surface area contributed by atoms with Gasteiger partial charge in [-0.1, -0.05) is 26.0 Å². The van der Waals surface area contributed by atoms with Crippen molar-refractivity contribution in [2.24, 2.45) is 5.92 Å². The van der Waals surface area contributed by atoms with Gasteiger partial charge in [0.15, 0.2) is 5.13 Å². The number of aromatic nitrogens is 2. The molecule has 2 aromatic heterocycles. The van der Waals surface area contributed by atoms with E-state index >= 15 is 0 Å². The van der Waals surface area contributed by atoms with Gasteiger partial charge in [0, 0.05) is 48.2 Å². The second-order valence-electron chi connectivity index (χ2n) is 17.4. The third-order valence-electron chi connectivity index (χ3n) is 10.2. The number of amides is 5. The molecule has 3 heterocycles. The number of hydrogen-bond donors (Lipinski definition) is 5. The second kappa shape index (κ2) is 22.9. The number of nitrogens with zero attached hydrogens (tertiary/aromatic N) is 3. The van der Waals surface area contributed by atoms with Gasteiger partial charge in [0.05, 0.1) is 42.8 Å². The Morgan fingerprint density at radius 3 is 2.33 bits per heavy atom. The highest BCUT2D eigenvalue weighted by atomic mass is 32.1. The Balaban J connectivity index is 1.37. The smallest absolute Gasteiger partial charge is 0.408 e. The summed E-state index contributed by atoms with van der Waals surface area (Å²) in [5, 5.41) is 17.1. The maximum atomic E-state index is 14.5. The number of unbranched alkanes of at least 4 members (excludes halogenated alkanes) is 2. The van der Waals surface area contributed by atoms with Crippen molar-refractivity contribution in [3.63, 3.8) is 0 Å². The maximum absolute atomic E-state index is 14.5. The number of anilines is 3. The Morgan fingerprint density at radius 1 is 0.939 bits per heavy atom. The van der Waals surface area contributed by atoms with Gasteiger partial charge in [0.1, 0.15) is 41.0 Å². The predicted octanol–water partition coefficient (Wildman–Crippen LogP) is 6.93. The van der Waals surface area contributed by atoms with E-state index in [0.29, 0.717) is 52.3 Å². The number of Topliss-reactive ketones (excluding diaryl/α,β-unsaturated/α-hetero) is 1. The summed E-state index contributed by atoms with van der Waals surface area (Å²) in [6.45, 7) is 13.6. The molecule has 0 aliphatic carbocycles. The lowest BCUT2D eigenvalue weighted by Crippen LogP contribution is -2.56. The number of methoxy groups -OCH3 is 1. The summed E-state index contributed by atoms with van der Waals surface area (Å²) < 4.78 is 17.6. The number of rotatable bonds is 19. The largest absolute Gasteiger partial charge is 0.497 e. The number of ether oxygens (including phenoxy) is 3. The minimum absolute atomic E-state index is 0.0112. The van der Waals surface area contributed by atoms with E-state index in [2.05, 4.69) is 38.4 Å². The molecule has 0 saturated carbocycles. The van der Waals surface area contributed by atoms with Crippen molar-refractivity contribution in [2.45, 2.75) is 117 Å². The Morgan fingerprint density at radius 2 is 1.67 bits per heavy atom. The lowest BCUT2D eigenvalue weighted by molar-refractivity contribution is -0.141. The fourth-order valence-corrected chi connectivity index (χ4v) is 7.86. The molecule has 0 radical (unpaired) electrons. The van der Waals surface area contributed by atoms with Crippen LogP contribution in [0.15, 0.2) is 53.9 Å². The standard InChI is InChI=1S/C48H60N8O9S/c1-10-11-12-13-14-19-41(58)52-33-17-15-16-18-34(33)53-44(60)39(57)25-49-43(59)38-23-31(26-56(38)45(61)42(28(2)3)55-47(62)65-48(6,7)8)64-40-24-36(37-27-66-46(54-37)50-29(4)5)51-35-22-30(63-9)20-21-32(35)40/h15-18,20-22,24,27-29,31,38,42H,12-14,19,23,25-26H2,1-9H3,(H,49,59)(H,50,54)(H,52,58)(H,53,60)(H,55,62)/t31-,38-,42+/m0/s1. The van der Waals surface area contributed by atoms with E-state index in [1.54, 1.807) is 91.1 Å². The SMILES string of the molecule is CC#CCCCCC(=O)Nc1ccccc1NC(=O)C(=O)CNC(=O)[C@@H]1C[C@H](Oc2cc(-c3csc(NC(C)C)n3)nc3cc(OC)ccc23)CN1C(=O)[C@H](NC(=O)OC(C)(C)C)C(C)C. The van der Waals surface area contributed by atoms with Gasteiger partial charge in [0.25, 0.3) is 5.91 Å². The zero-order valence-electron chi connectivity index (χ0n) is 39.0.